The molecule has 1 aromatic carbocycles. The van der Waals surface area contributed by atoms with Crippen molar-refractivity contribution in [1.29, 1.82) is 0 Å². The summed E-state index contributed by atoms with van der Waals surface area (Å²) < 4.78 is 1.82. The third kappa shape index (κ3) is 5.90. The number of benzene rings is 1. The fourth-order valence-electron chi connectivity index (χ4n) is 2.51. The molecule has 0 bridgehead atoms. The van der Waals surface area contributed by atoms with Crippen LogP contribution in [0.25, 0.3) is 6.08 Å². The van der Waals surface area contributed by atoms with Gasteiger partial charge in [-0.2, -0.15) is 0 Å². The molecule has 2 heteroatoms. The van der Waals surface area contributed by atoms with Gasteiger partial charge in [-0.15, -0.1) is 0 Å². The molecule has 0 saturated heterocycles. The molecule has 2 aromatic rings. The molecule has 0 radical (unpaired) electrons. The first-order chi connectivity index (χ1) is 12.1. The summed E-state index contributed by atoms with van der Waals surface area (Å²) in [4.78, 5) is 12.7. The van der Waals surface area contributed by atoms with E-state index in [9.17, 15) is 4.79 Å². The number of carbonyl (C=O) groups is 1. The first-order valence-corrected chi connectivity index (χ1v) is 9.11. The number of carbonyl (C=O) groups excluding carboxylic acids is 1. The monoisotopic (exact) mass is 339 g/mol. The summed E-state index contributed by atoms with van der Waals surface area (Å²) in [7, 11) is 0. The molecule has 0 saturated carbocycles. The molecule has 2 nitrogen and oxygen atoms in total. The van der Waals surface area contributed by atoms with E-state index in [4.69, 9.17) is 0 Å². The molecule has 0 aliphatic heterocycles. The third-order valence-electron chi connectivity index (χ3n) is 3.90. The smallest absolute Gasteiger partial charge is 0.235 e. The number of allylic oxidation sites excluding steroid dienone is 2. The van der Waals surface area contributed by atoms with E-state index in [-0.39, 0.29) is 5.91 Å². The highest BCUT2D eigenvalue weighted by Crippen LogP contribution is 2.23. The summed E-state index contributed by atoms with van der Waals surface area (Å²) >= 11 is 0. The van der Waals surface area contributed by atoms with Gasteiger partial charge in [-0.3, -0.25) is 9.36 Å². The summed E-state index contributed by atoms with van der Waals surface area (Å²) in [6.45, 7) is 17.8. The maximum Gasteiger partial charge on any atom is 0.235 e. The largest absolute Gasteiger partial charge is 0.284 e. The van der Waals surface area contributed by atoms with Crippen LogP contribution >= 0.6 is 0 Å². The minimum Gasteiger partial charge on any atom is -0.284 e. The second-order valence-electron chi connectivity index (χ2n) is 5.21. The Balaban J connectivity index is 0.00000134. The Kier molecular flexibility index (Phi) is 10.9. The Morgan fingerprint density at radius 1 is 1.00 bits per heavy atom. The van der Waals surface area contributed by atoms with E-state index in [0.717, 1.165) is 22.5 Å². The SMILES string of the molecule is C=C/C=C\c1c(C)c(C)c(C)n1C(=O)Cc1ccccc1.CC.CC. The predicted molar refractivity (Wildman–Crippen MR) is 111 cm³/mol. The van der Waals surface area contributed by atoms with Crippen LogP contribution in [0.3, 0.4) is 0 Å². The highest BCUT2D eigenvalue weighted by atomic mass is 16.2. The van der Waals surface area contributed by atoms with E-state index in [2.05, 4.69) is 20.4 Å². The summed E-state index contributed by atoms with van der Waals surface area (Å²) in [5, 5.41) is 0. The van der Waals surface area contributed by atoms with Gasteiger partial charge in [-0.25, -0.2) is 0 Å². The zero-order valence-corrected chi connectivity index (χ0v) is 16.9. The fourth-order valence-corrected chi connectivity index (χ4v) is 2.51. The lowest BCUT2D eigenvalue weighted by Gasteiger charge is -2.09. The second-order valence-corrected chi connectivity index (χ2v) is 5.21. The van der Waals surface area contributed by atoms with Gasteiger partial charge in [0.15, 0.2) is 0 Å². The summed E-state index contributed by atoms with van der Waals surface area (Å²) in [6, 6.07) is 9.84. The molecule has 0 fully saturated rings. The Morgan fingerprint density at radius 2 is 1.56 bits per heavy atom. The number of aromatic nitrogens is 1. The summed E-state index contributed by atoms with van der Waals surface area (Å²) in [6.07, 6.45) is 5.95. The first kappa shape index (κ1) is 22.6. The van der Waals surface area contributed by atoms with Gasteiger partial charge in [0.2, 0.25) is 5.91 Å². The Labute approximate surface area is 153 Å². The molecule has 136 valence electrons. The fraction of sp³-hybridized carbons (Fsp3) is 0.348. The lowest BCUT2D eigenvalue weighted by molar-refractivity contribution is 0.0911. The van der Waals surface area contributed by atoms with Crippen LogP contribution in [0.4, 0.5) is 0 Å². The van der Waals surface area contributed by atoms with Crippen LogP contribution in [-0.4, -0.2) is 10.5 Å². The molecule has 2 rings (SSSR count). The topological polar surface area (TPSA) is 22.0 Å². The summed E-state index contributed by atoms with van der Waals surface area (Å²) in [5.74, 6) is 0.0959. The standard InChI is InChI=1S/C19H21NO.2C2H6/c1-5-6-12-18-15(3)14(2)16(4)20(18)19(21)13-17-10-8-7-9-11-17;2*1-2/h5-12H,1,13H2,2-4H3;2*1-2H3/b12-6-;;. The zero-order valence-electron chi connectivity index (χ0n) is 16.9. The van der Waals surface area contributed by atoms with Crippen molar-refractivity contribution in [1.82, 2.24) is 4.57 Å². The van der Waals surface area contributed by atoms with Crippen molar-refractivity contribution in [3.8, 4) is 0 Å². The molecule has 0 atom stereocenters. The Hall–Kier alpha value is -2.35. The van der Waals surface area contributed by atoms with Gasteiger partial charge in [0.25, 0.3) is 0 Å². The van der Waals surface area contributed by atoms with Crippen molar-refractivity contribution in [2.75, 3.05) is 0 Å². The first-order valence-electron chi connectivity index (χ1n) is 9.11. The van der Waals surface area contributed by atoms with E-state index in [1.165, 1.54) is 5.56 Å². The van der Waals surface area contributed by atoms with E-state index in [0.29, 0.717) is 6.42 Å². The van der Waals surface area contributed by atoms with Gasteiger partial charge in [-0.1, -0.05) is 76.8 Å². The van der Waals surface area contributed by atoms with Crippen LogP contribution in [-0.2, 0) is 6.42 Å². The van der Waals surface area contributed by atoms with E-state index < -0.39 is 0 Å². The van der Waals surface area contributed by atoms with Gasteiger partial charge in [-0.05, 0) is 43.5 Å². The van der Waals surface area contributed by atoms with Gasteiger partial charge < -0.3 is 0 Å². The molecule has 0 N–H and O–H groups in total. The van der Waals surface area contributed by atoms with Crippen molar-refractivity contribution >= 4 is 12.0 Å². The van der Waals surface area contributed by atoms with Gasteiger partial charge >= 0.3 is 0 Å². The van der Waals surface area contributed by atoms with Crippen LogP contribution in [0.5, 0.6) is 0 Å². The van der Waals surface area contributed by atoms with Crippen molar-refractivity contribution in [2.45, 2.75) is 54.9 Å². The molecular weight excluding hydrogens is 306 g/mol. The van der Waals surface area contributed by atoms with Gasteiger partial charge in [0.05, 0.1) is 12.1 Å². The molecule has 0 spiro atoms. The van der Waals surface area contributed by atoms with Crippen molar-refractivity contribution in [3.05, 3.63) is 77.1 Å². The zero-order chi connectivity index (χ0) is 19.4. The van der Waals surface area contributed by atoms with Crippen LogP contribution in [0, 0.1) is 20.8 Å². The highest BCUT2D eigenvalue weighted by Gasteiger charge is 2.17. The minimum atomic E-state index is 0.0959. The molecule has 1 heterocycles. The third-order valence-corrected chi connectivity index (χ3v) is 3.90. The number of nitrogens with zero attached hydrogens (tertiary/aromatic N) is 1. The quantitative estimate of drug-likeness (QED) is 0.579. The molecule has 0 unspecified atom stereocenters. The highest BCUT2D eigenvalue weighted by molar-refractivity contribution is 5.85. The summed E-state index contributed by atoms with van der Waals surface area (Å²) in [5.41, 5.74) is 5.31. The van der Waals surface area contributed by atoms with Gasteiger partial charge in [0.1, 0.15) is 0 Å². The predicted octanol–water partition coefficient (Wildman–Crippen LogP) is 6.55. The minimum absolute atomic E-state index is 0.0959. The number of hydrogen-bond donors (Lipinski definition) is 0. The second kappa shape index (κ2) is 12.1. The normalized spacial score (nSPS) is 9.72. The molecule has 0 aliphatic carbocycles. The van der Waals surface area contributed by atoms with E-state index in [1.54, 1.807) is 6.08 Å². The average Bonchev–Trinajstić information content (AvgIpc) is 2.88. The van der Waals surface area contributed by atoms with E-state index in [1.807, 2.05) is 81.7 Å². The van der Waals surface area contributed by atoms with Gasteiger partial charge in [0, 0.05) is 5.69 Å². The molecule has 25 heavy (non-hydrogen) atoms. The van der Waals surface area contributed by atoms with Crippen LogP contribution in [0.15, 0.2) is 49.1 Å². The number of rotatable bonds is 4. The molecular formula is C23H33NO. The molecule has 0 aliphatic rings. The van der Waals surface area contributed by atoms with E-state index >= 15 is 0 Å². The van der Waals surface area contributed by atoms with Crippen molar-refractivity contribution in [3.63, 3.8) is 0 Å². The van der Waals surface area contributed by atoms with Crippen LogP contribution in [0.2, 0.25) is 0 Å². The van der Waals surface area contributed by atoms with Crippen molar-refractivity contribution < 1.29 is 4.79 Å². The lowest BCUT2D eigenvalue weighted by Crippen LogP contribution is -2.16. The molecule has 1 aromatic heterocycles. The Morgan fingerprint density at radius 3 is 2.08 bits per heavy atom. The maximum absolute atomic E-state index is 12.7. The maximum atomic E-state index is 12.7. The Bertz CT molecular complexity index is 691. The lowest BCUT2D eigenvalue weighted by atomic mass is 10.1. The van der Waals surface area contributed by atoms with Crippen molar-refractivity contribution in [2.24, 2.45) is 0 Å². The van der Waals surface area contributed by atoms with Crippen LogP contribution in [0.1, 0.15) is 60.6 Å². The molecule has 0 amide bonds. The number of hydrogen-bond acceptors (Lipinski definition) is 1. The van der Waals surface area contributed by atoms with Crippen LogP contribution < -0.4 is 0 Å². The average molecular weight is 340 g/mol.